The Labute approximate surface area is 122 Å². The SMILES string of the molecule is O=C(Nc1ccccc1)N(O)c1cccc2ccccc12. The molecule has 0 fully saturated rings. The Morgan fingerprint density at radius 2 is 1.52 bits per heavy atom. The average Bonchev–Trinajstić information content (AvgIpc) is 2.54. The van der Waals surface area contributed by atoms with Gasteiger partial charge in [-0.05, 0) is 23.6 Å². The van der Waals surface area contributed by atoms with E-state index in [1.807, 2.05) is 48.5 Å². The summed E-state index contributed by atoms with van der Waals surface area (Å²) in [6, 6.07) is 21.4. The standard InChI is InChI=1S/C17H14N2O2/c20-17(18-14-9-2-1-3-10-14)19(21)16-12-6-8-13-7-4-5-11-15(13)16/h1-12,21H,(H,18,20). The van der Waals surface area contributed by atoms with E-state index < -0.39 is 6.03 Å². The minimum atomic E-state index is -0.599. The van der Waals surface area contributed by atoms with Gasteiger partial charge in [-0.1, -0.05) is 54.6 Å². The molecule has 0 radical (unpaired) electrons. The van der Waals surface area contributed by atoms with Gasteiger partial charge in [0, 0.05) is 11.1 Å². The predicted molar refractivity (Wildman–Crippen MR) is 83.7 cm³/mol. The van der Waals surface area contributed by atoms with Crippen molar-refractivity contribution >= 4 is 28.2 Å². The van der Waals surface area contributed by atoms with Crippen LogP contribution in [0.4, 0.5) is 16.2 Å². The number of rotatable bonds is 2. The number of hydrogen-bond acceptors (Lipinski definition) is 2. The van der Waals surface area contributed by atoms with E-state index in [1.165, 1.54) is 0 Å². The lowest BCUT2D eigenvalue weighted by molar-refractivity contribution is 0.216. The highest BCUT2D eigenvalue weighted by atomic mass is 16.5. The molecular weight excluding hydrogens is 264 g/mol. The lowest BCUT2D eigenvalue weighted by Gasteiger charge is -2.17. The van der Waals surface area contributed by atoms with E-state index in [0.717, 1.165) is 10.8 Å². The molecule has 104 valence electrons. The summed E-state index contributed by atoms with van der Waals surface area (Å²) in [4.78, 5) is 12.1. The van der Waals surface area contributed by atoms with Crippen LogP contribution in [0.25, 0.3) is 10.8 Å². The minimum Gasteiger partial charge on any atom is -0.306 e. The summed E-state index contributed by atoms with van der Waals surface area (Å²) in [5, 5.41) is 15.2. The van der Waals surface area contributed by atoms with Gasteiger partial charge in [0.1, 0.15) is 0 Å². The fraction of sp³-hybridized carbons (Fsp3) is 0. The van der Waals surface area contributed by atoms with Crippen molar-refractivity contribution in [3.8, 4) is 0 Å². The topological polar surface area (TPSA) is 52.6 Å². The maximum atomic E-state index is 12.1. The van der Waals surface area contributed by atoms with Crippen molar-refractivity contribution in [2.75, 3.05) is 10.4 Å². The number of nitrogens with zero attached hydrogens (tertiary/aromatic N) is 1. The first kappa shape index (κ1) is 13.1. The third kappa shape index (κ3) is 2.70. The lowest BCUT2D eigenvalue weighted by atomic mass is 10.1. The number of para-hydroxylation sites is 1. The van der Waals surface area contributed by atoms with E-state index in [1.54, 1.807) is 24.3 Å². The Morgan fingerprint density at radius 3 is 2.33 bits per heavy atom. The molecule has 0 aromatic heterocycles. The van der Waals surface area contributed by atoms with Crippen LogP contribution in [0.15, 0.2) is 72.8 Å². The van der Waals surface area contributed by atoms with Gasteiger partial charge in [-0.2, -0.15) is 5.06 Å². The maximum Gasteiger partial charge on any atom is 0.350 e. The second-order valence-electron chi connectivity index (χ2n) is 4.61. The molecule has 0 atom stereocenters. The second kappa shape index (κ2) is 5.64. The van der Waals surface area contributed by atoms with Gasteiger partial charge in [0.2, 0.25) is 0 Å². The summed E-state index contributed by atoms with van der Waals surface area (Å²) >= 11 is 0. The molecule has 4 heteroatoms. The van der Waals surface area contributed by atoms with E-state index in [2.05, 4.69) is 5.32 Å². The van der Waals surface area contributed by atoms with Crippen LogP contribution < -0.4 is 10.4 Å². The van der Waals surface area contributed by atoms with Crippen molar-refractivity contribution in [2.24, 2.45) is 0 Å². The van der Waals surface area contributed by atoms with Crippen LogP contribution in [0.3, 0.4) is 0 Å². The molecule has 0 spiro atoms. The monoisotopic (exact) mass is 278 g/mol. The molecule has 0 aliphatic rings. The van der Waals surface area contributed by atoms with Gasteiger partial charge in [-0.3, -0.25) is 5.21 Å². The molecule has 2 N–H and O–H groups in total. The molecule has 0 aliphatic carbocycles. The van der Waals surface area contributed by atoms with Crippen LogP contribution in [0.2, 0.25) is 0 Å². The van der Waals surface area contributed by atoms with Crippen molar-refractivity contribution < 1.29 is 10.0 Å². The van der Waals surface area contributed by atoms with Crippen LogP contribution in [0.1, 0.15) is 0 Å². The molecule has 3 aromatic carbocycles. The van der Waals surface area contributed by atoms with E-state index in [-0.39, 0.29) is 0 Å². The van der Waals surface area contributed by atoms with Crippen molar-refractivity contribution in [3.63, 3.8) is 0 Å². The van der Waals surface area contributed by atoms with Gasteiger partial charge in [0.15, 0.2) is 0 Å². The number of fused-ring (bicyclic) bond motifs is 1. The molecule has 2 amide bonds. The van der Waals surface area contributed by atoms with Crippen molar-refractivity contribution in [3.05, 3.63) is 72.8 Å². The van der Waals surface area contributed by atoms with Gasteiger partial charge in [-0.25, -0.2) is 4.79 Å². The number of nitrogens with one attached hydrogen (secondary N) is 1. The van der Waals surface area contributed by atoms with E-state index in [4.69, 9.17) is 0 Å². The van der Waals surface area contributed by atoms with E-state index in [0.29, 0.717) is 16.4 Å². The normalized spacial score (nSPS) is 10.3. The number of carbonyl (C=O) groups excluding carboxylic acids is 1. The lowest BCUT2D eigenvalue weighted by Crippen LogP contribution is -2.31. The summed E-state index contributed by atoms with van der Waals surface area (Å²) in [6.45, 7) is 0. The Bertz CT molecular complexity index is 767. The minimum absolute atomic E-state index is 0.446. The number of carbonyl (C=O) groups is 1. The zero-order valence-electron chi connectivity index (χ0n) is 11.2. The maximum absolute atomic E-state index is 12.1. The largest absolute Gasteiger partial charge is 0.350 e. The predicted octanol–water partition coefficient (Wildman–Crippen LogP) is 4.27. The van der Waals surface area contributed by atoms with Crippen molar-refractivity contribution in [1.82, 2.24) is 0 Å². The molecule has 0 unspecified atom stereocenters. The molecule has 21 heavy (non-hydrogen) atoms. The molecule has 4 nitrogen and oxygen atoms in total. The first-order valence-electron chi connectivity index (χ1n) is 6.58. The number of amides is 2. The Kier molecular flexibility index (Phi) is 3.53. The molecule has 0 heterocycles. The summed E-state index contributed by atoms with van der Waals surface area (Å²) in [5.74, 6) is 0. The second-order valence-corrected chi connectivity index (χ2v) is 4.61. The van der Waals surface area contributed by atoms with Crippen LogP contribution in [0.5, 0.6) is 0 Å². The van der Waals surface area contributed by atoms with Crippen LogP contribution in [0, 0.1) is 0 Å². The highest BCUT2D eigenvalue weighted by molar-refractivity contribution is 6.06. The van der Waals surface area contributed by atoms with E-state index in [9.17, 15) is 10.0 Å². The van der Waals surface area contributed by atoms with Crippen LogP contribution in [-0.4, -0.2) is 11.2 Å². The molecule has 0 saturated carbocycles. The van der Waals surface area contributed by atoms with Gasteiger partial charge < -0.3 is 5.32 Å². The fourth-order valence-electron chi connectivity index (χ4n) is 2.20. The van der Waals surface area contributed by atoms with Gasteiger partial charge in [0.25, 0.3) is 0 Å². The third-order valence-corrected chi connectivity index (χ3v) is 3.21. The van der Waals surface area contributed by atoms with Crippen molar-refractivity contribution in [1.29, 1.82) is 0 Å². The number of anilines is 2. The molecule has 3 rings (SSSR count). The number of benzene rings is 3. The Hall–Kier alpha value is -2.85. The number of hydroxylamine groups is 1. The summed E-state index contributed by atoms with van der Waals surface area (Å²) < 4.78 is 0. The van der Waals surface area contributed by atoms with Crippen LogP contribution in [-0.2, 0) is 0 Å². The third-order valence-electron chi connectivity index (χ3n) is 3.21. The molecule has 0 aliphatic heterocycles. The van der Waals surface area contributed by atoms with Gasteiger partial charge >= 0.3 is 6.03 Å². The molecule has 3 aromatic rings. The first-order valence-corrected chi connectivity index (χ1v) is 6.58. The quantitative estimate of drug-likeness (QED) is 0.543. The number of urea groups is 1. The smallest absolute Gasteiger partial charge is 0.306 e. The molecule has 0 bridgehead atoms. The zero-order valence-corrected chi connectivity index (χ0v) is 11.2. The highest BCUT2D eigenvalue weighted by Crippen LogP contribution is 2.26. The summed E-state index contributed by atoms with van der Waals surface area (Å²) in [7, 11) is 0. The average molecular weight is 278 g/mol. The fourth-order valence-corrected chi connectivity index (χ4v) is 2.20. The van der Waals surface area contributed by atoms with E-state index >= 15 is 0 Å². The Morgan fingerprint density at radius 1 is 0.857 bits per heavy atom. The van der Waals surface area contributed by atoms with Gasteiger partial charge in [0.05, 0.1) is 5.69 Å². The molecular formula is C17H14N2O2. The Balaban J connectivity index is 1.90. The summed E-state index contributed by atoms with van der Waals surface area (Å²) in [5.41, 5.74) is 1.07. The summed E-state index contributed by atoms with van der Waals surface area (Å²) in [6.07, 6.45) is 0. The van der Waals surface area contributed by atoms with Crippen LogP contribution >= 0.6 is 0 Å². The van der Waals surface area contributed by atoms with Crippen molar-refractivity contribution in [2.45, 2.75) is 0 Å². The molecule has 0 saturated heterocycles. The first-order chi connectivity index (χ1) is 10.3. The number of hydrogen-bond donors (Lipinski definition) is 2. The zero-order chi connectivity index (χ0) is 14.7. The highest BCUT2D eigenvalue weighted by Gasteiger charge is 2.15. The van der Waals surface area contributed by atoms with Gasteiger partial charge in [-0.15, -0.1) is 0 Å².